The summed E-state index contributed by atoms with van der Waals surface area (Å²) in [6.07, 6.45) is 1.79. The van der Waals surface area contributed by atoms with Crippen molar-refractivity contribution in [2.75, 3.05) is 33.2 Å². The average Bonchev–Trinajstić information content (AvgIpc) is 2.93. The SMILES string of the molecule is CN1CCN(C(C#N)c2c[nH]c3ccc([N+](=O)[O-])cc23)CC1. The van der Waals surface area contributed by atoms with E-state index in [0.717, 1.165) is 42.6 Å². The summed E-state index contributed by atoms with van der Waals surface area (Å²) in [6, 6.07) is 6.67. The summed E-state index contributed by atoms with van der Waals surface area (Å²) in [4.78, 5) is 18.0. The van der Waals surface area contributed by atoms with E-state index in [-0.39, 0.29) is 11.7 Å². The van der Waals surface area contributed by atoms with Crippen molar-refractivity contribution < 1.29 is 4.92 Å². The molecule has 1 saturated heterocycles. The Kier molecular flexibility index (Phi) is 3.79. The monoisotopic (exact) mass is 299 g/mol. The number of fused-ring (bicyclic) bond motifs is 1. The second-order valence-electron chi connectivity index (χ2n) is 5.60. The lowest BCUT2D eigenvalue weighted by Crippen LogP contribution is -2.45. The minimum atomic E-state index is -0.409. The van der Waals surface area contributed by atoms with E-state index in [9.17, 15) is 15.4 Å². The molecule has 1 aliphatic rings. The van der Waals surface area contributed by atoms with Gasteiger partial charge in [-0.05, 0) is 13.1 Å². The molecule has 1 unspecified atom stereocenters. The zero-order chi connectivity index (χ0) is 15.7. The van der Waals surface area contributed by atoms with E-state index < -0.39 is 4.92 Å². The van der Waals surface area contributed by atoms with Crippen LogP contribution < -0.4 is 0 Å². The number of non-ortho nitro benzene ring substituents is 1. The highest BCUT2D eigenvalue weighted by Crippen LogP contribution is 2.31. The van der Waals surface area contributed by atoms with Crippen LogP contribution in [0.15, 0.2) is 24.4 Å². The largest absolute Gasteiger partial charge is 0.361 e. The molecule has 1 fully saturated rings. The minimum Gasteiger partial charge on any atom is -0.361 e. The first-order valence-electron chi connectivity index (χ1n) is 7.18. The predicted molar refractivity (Wildman–Crippen MR) is 82.4 cm³/mol. The van der Waals surface area contributed by atoms with Crippen molar-refractivity contribution in [2.45, 2.75) is 6.04 Å². The lowest BCUT2D eigenvalue weighted by molar-refractivity contribution is -0.384. The van der Waals surface area contributed by atoms with Gasteiger partial charge in [-0.15, -0.1) is 0 Å². The molecule has 22 heavy (non-hydrogen) atoms. The van der Waals surface area contributed by atoms with Crippen LogP contribution in [0, 0.1) is 21.4 Å². The number of nitrogens with one attached hydrogen (secondary N) is 1. The predicted octanol–water partition coefficient (Wildman–Crippen LogP) is 1.89. The summed E-state index contributed by atoms with van der Waals surface area (Å²) in [5, 5.41) is 21.3. The number of piperazine rings is 1. The second-order valence-corrected chi connectivity index (χ2v) is 5.60. The third-order valence-corrected chi connectivity index (χ3v) is 4.23. The van der Waals surface area contributed by atoms with E-state index in [0.29, 0.717) is 0 Å². The molecule has 0 spiro atoms. The van der Waals surface area contributed by atoms with Crippen molar-refractivity contribution in [2.24, 2.45) is 0 Å². The highest BCUT2D eigenvalue weighted by Gasteiger charge is 2.26. The smallest absolute Gasteiger partial charge is 0.270 e. The van der Waals surface area contributed by atoms with E-state index in [4.69, 9.17) is 0 Å². The first-order chi connectivity index (χ1) is 10.6. The summed E-state index contributed by atoms with van der Waals surface area (Å²) in [5.74, 6) is 0. The number of nitriles is 1. The summed E-state index contributed by atoms with van der Waals surface area (Å²) < 4.78 is 0. The lowest BCUT2D eigenvalue weighted by atomic mass is 10.0. The van der Waals surface area contributed by atoms with Crippen molar-refractivity contribution in [1.82, 2.24) is 14.8 Å². The summed E-state index contributed by atoms with van der Waals surface area (Å²) in [5.41, 5.74) is 1.67. The normalized spacial score (nSPS) is 18.2. The quantitative estimate of drug-likeness (QED) is 0.690. The van der Waals surface area contributed by atoms with Crippen molar-refractivity contribution in [3.63, 3.8) is 0 Å². The molecular weight excluding hydrogens is 282 g/mol. The molecule has 1 aromatic carbocycles. The number of aromatic nitrogens is 1. The van der Waals surface area contributed by atoms with Gasteiger partial charge in [0.1, 0.15) is 6.04 Å². The molecule has 1 atom stereocenters. The lowest BCUT2D eigenvalue weighted by Gasteiger charge is -2.34. The van der Waals surface area contributed by atoms with Crippen molar-refractivity contribution >= 4 is 16.6 Å². The highest BCUT2D eigenvalue weighted by atomic mass is 16.6. The van der Waals surface area contributed by atoms with Gasteiger partial charge < -0.3 is 9.88 Å². The third-order valence-electron chi connectivity index (χ3n) is 4.23. The molecule has 1 aromatic heterocycles. The molecular formula is C15H17N5O2. The Balaban J connectivity index is 1.98. The molecule has 7 nitrogen and oxygen atoms in total. The van der Waals surface area contributed by atoms with E-state index in [1.165, 1.54) is 6.07 Å². The van der Waals surface area contributed by atoms with Gasteiger partial charge in [0.25, 0.3) is 5.69 Å². The van der Waals surface area contributed by atoms with Crippen LogP contribution in [-0.4, -0.2) is 52.9 Å². The van der Waals surface area contributed by atoms with Crippen LogP contribution >= 0.6 is 0 Å². The van der Waals surface area contributed by atoms with Gasteiger partial charge in [0, 0.05) is 61.0 Å². The number of hydrogen-bond acceptors (Lipinski definition) is 5. The Labute approximate surface area is 127 Å². The van der Waals surface area contributed by atoms with Crippen LogP contribution in [0.3, 0.4) is 0 Å². The first-order valence-corrected chi connectivity index (χ1v) is 7.18. The second kappa shape index (κ2) is 5.75. The fourth-order valence-electron chi connectivity index (χ4n) is 2.90. The molecule has 0 bridgehead atoms. The van der Waals surface area contributed by atoms with Gasteiger partial charge in [0.05, 0.1) is 11.0 Å². The Hall–Kier alpha value is -2.43. The van der Waals surface area contributed by atoms with Gasteiger partial charge in [-0.25, -0.2) is 0 Å². The Bertz CT molecular complexity index is 740. The van der Waals surface area contributed by atoms with Crippen LogP contribution in [0.4, 0.5) is 5.69 Å². The Morgan fingerprint density at radius 2 is 2.09 bits per heavy atom. The van der Waals surface area contributed by atoms with Gasteiger partial charge in [0.2, 0.25) is 0 Å². The molecule has 1 N–H and O–H groups in total. The van der Waals surface area contributed by atoms with Crippen molar-refractivity contribution in [3.8, 4) is 6.07 Å². The number of nitrogens with zero attached hydrogens (tertiary/aromatic N) is 4. The van der Waals surface area contributed by atoms with Crippen molar-refractivity contribution in [3.05, 3.63) is 40.1 Å². The molecule has 0 aliphatic carbocycles. The van der Waals surface area contributed by atoms with E-state index >= 15 is 0 Å². The molecule has 3 rings (SSSR count). The van der Waals surface area contributed by atoms with E-state index in [1.54, 1.807) is 18.3 Å². The molecule has 0 radical (unpaired) electrons. The van der Waals surface area contributed by atoms with E-state index in [1.807, 2.05) is 0 Å². The van der Waals surface area contributed by atoms with Gasteiger partial charge in [-0.1, -0.05) is 0 Å². The molecule has 2 heterocycles. The van der Waals surface area contributed by atoms with Crippen LogP contribution in [0.1, 0.15) is 11.6 Å². The number of hydrogen-bond donors (Lipinski definition) is 1. The van der Waals surface area contributed by atoms with Gasteiger partial charge in [-0.2, -0.15) is 5.26 Å². The number of nitro benzene ring substituents is 1. The van der Waals surface area contributed by atoms with Crippen LogP contribution in [0.5, 0.6) is 0 Å². The molecule has 0 saturated carbocycles. The van der Waals surface area contributed by atoms with Crippen molar-refractivity contribution in [1.29, 1.82) is 5.26 Å². The summed E-state index contributed by atoms with van der Waals surface area (Å²) in [7, 11) is 2.06. The average molecular weight is 299 g/mol. The number of likely N-dealkylation sites (N-methyl/N-ethyl adjacent to an activating group) is 1. The fourth-order valence-corrected chi connectivity index (χ4v) is 2.90. The van der Waals surface area contributed by atoms with Gasteiger partial charge >= 0.3 is 0 Å². The molecule has 7 heteroatoms. The zero-order valence-corrected chi connectivity index (χ0v) is 12.3. The molecule has 1 aliphatic heterocycles. The maximum atomic E-state index is 11.0. The van der Waals surface area contributed by atoms with Gasteiger partial charge in [-0.3, -0.25) is 15.0 Å². The van der Waals surface area contributed by atoms with Gasteiger partial charge in [0.15, 0.2) is 0 Å². The topological polar surface area (TPSA) is 89.2 Å². The Morgan fingerprint density at radius 1 is 1.36 bits per heavy atom. The maximum Gasteiger partial charge on any atom is 0.270 e. The molecule has 2 aromatic rings. The first kappa shape index (κ1) is 14.5. The number of benzene rings is 1. The summed E-state index contributed by atoms with van der Waals surface area (Å²) in [6.45, 7) is 3.47. The van der Waals surface area contributed by atoms with Crippen LogP contribution in [0.25, 0.3) is 10.9 Å². The highest BCUT2D eigenvalue weighted by molar-refractivity contribution is 5.86. The Morgan fingerprint density at radius 3 is 2.73 bits per heavy atom. The zero-order valence-electron chi connectivity index (χ0n) is 12.3. The molecule has 0 amide bonds. The standard InChI is InChI=1S/C15H17N5O2/c1-18-4-6-19(7-5-18)15(9-16)13-10-17-14-3-2-11(20(21)22)8-12(13)14/h2-3,8,10,15,17H,4-7H2,1H3. The summed E-state index contributed by atoms with van der Waals surface area (Å²) >= 11 is 0. The maximum absolute atomic E-state index is 11.0. The number of H-pyrrole nitrogens is 1. The van der Waals surface area contributed by atoms with Crippen LogP contribution in [0.2, 0.25) is 0 Å². The number of rotatable bonds is 3. The number of aromatic amines is 1. The molecule has 114 valence electrons. The van der Waals surface area contributed by atoms with E-state index in [2.05, 4.69) is 27.9 Å². The third kappa shape index (κ3) is 2.54. The minimum absolute atomic E-state index is 0.0448. The number of nitro groups is 1. The van der Waals surface area contributed by atoms with Crippen LogP contribution in [-0.2, 0) is 0 Å². The fraction of sp³-hybridized carbons (Fsp3) is 0.400.